The molecule has 3 aromatic rings. The molecule has 28 heavy (non-hydrogen) atoms. The summed E-state index contributed by atoms with van der Waals surface area (Å²) in [4.78, 5) is 11.5. The zero-order valence-electron chi connectivity index (χ0n) is 15.4. The number of hydrogen-bond donors (Lipinski definition) is 1. The minimum atomic E-state index is -0.160. The quantitative estimate of drug-likeness (QED) is 0.551. The number of hydrogen-bond acceptors (Lipinski definition) is 4. The molecule has 0 bridgehead atoms. The lowest BCUT2D eigenvalue weighted by molar-refractivity contribution is -0.118. The van der Waals surface area contributed by atoms with E-state index in [9.17, 15) is 4.79 Å². The number of rotatable bonds is 4. The predicted molar refractivity (Wildman–Crippen MR) is 111 cm³/mol. The Labute approximate surface area is 163 Å². The van der Waals surface area contributed by atoms with Gasteiger partial charge in [-0.2, -0.15) is 5.10 Å². The molecule has 0 aliphatic carbocycles. The maximum Gasteiger partial charge on any atom is 0.262 e. The van der Waals surface area contributed by atoms with E-state index >= 15 is 0 Å². The highest BCUT2D eigenvalue weighted by Crippen LogP contribution is 2.28. The number of fused-ring (bicyclic) bond motifs is 1. The van der Waals surface area contributed by atoms with Gasteiger partial charge in [0.1, 0.15) is 11.5 Å². The van der Waals surface area contributed by atoms with Crippen molar-refractivity contribution in [2.75, 3.05) is 11.9 Å². The zero-order valence-corrected chi connectivity index (χ0v) is 15.4. The summed E-state index contributed by atoms with van der Waals surface area (Å²) < 4.78 is 5.40. The van der Waals surface area contributed by atoms with Crippen LogP contribution in [0, 0.1) is 0 Å². The van der Waals surface area contributed by atoms with Crippen molar-refractivity contribution in [1.82, 2.24) is 0 Å². The Balaban J connectivity index is 1.70. The van der Waals surface area contributed by atoms with E-state index in [1.54, 1.807) is 0 Å². The zero-order chi connectivity index (χ0) is 19.3. The second-order valence-corrected chi connectivity index (χ2v) is 6.41. The summed E-state index contributed by atoms with van der Waals surface area (Å²) in [6, 6.07) is 25.5. The lowest BCUT2D eigenvalue weighted by Gasteiger charge is -2.18. The summed E-state index contributed by atoms with van der Waals surface area (Å²) in [5.41, 5.74) is 5.06. The largest absolute Gasteiger partial charge is 0.482 e. The summed E-state index contributed by atoms with van der Waals surface area (Å²) >= 11 is 0. The van der Waals surface area contributed by atoms with E-state index in [1.807, 2.05) is 85.8 Å². The number of nitrogens with zero attached hydrogens (tertiary/aromatic N) is 2. The molecule has 0 saturated carbocycles. The van der Waals surface area contributed by atoms with Gasteiger partial charge in [-0.3, -0.25) is 4.79 Å². The Kier molecular flexibility index (Phi) is 4.97. The van der Waals surface area contributed by atoms with E-state index in [0.29, 0.717) is 11.4 Å². The Morgan fingerprint density at radius 3 is 2.14 bits per heavy atom. The molecule has 0 unspecified atom stereocenters. The number of carbonyl (C=O) groups is 1. The van der Waals surface area contributed by atoms with Crippen LogP contribution >= 0.6 is 0 Å². The molecule has 1 heterocycles. The summed E-state index contributed by atoms with van der Waals surface area (Å²) in [6.07, 6.45) is 0. The van der Waals surface area contributed by atoms with Crippen LogP contribution in [-0.4, -0.2) is 23.9 Å². The van der Waals surface area contributed by atoms with Crippen LogP contribution in [0.2, 0.25) is 0 Å². The molecule has 0 radical (unpaired) electrons. The van der Waals surface area contributed by atoms with Crippen LogP contribution in [0.15, 0.2) is 89.1 Å². The number of carbonyl (C=O) groups excluding carboxylic acids is 1. The summed E-state index contributed by atoms with van der Waals surface area (Å²) in [6.45, 7) is 1.94. The first kappa shape index (κ1) is 17.7. The number of anilines is 1. The summed E-state index contributed by atoms with van der Waals surface area (Å²) in [7, 11) is 0. The van der Waals surface area contributed by atoms with Crippen LogP contribution in [-0.2, 0) is 4.79 Å². The monoisotopic (exact) mass is 369 g/mol. The molecule has 138 valence electrons. The van der Waals surface area contributed by atoms with Crippen molar-refractivity contribution in [2.45, 2.75) is 6.92 Å². The molecule has 0 atom stereocenters. The molecule has 1 N–H and O–H groups in total. The molecule has 0 saturated heterocycles. The van der Waals surface area contributed by atoms with Gasteiger partial charge in [-0.1, -0.05) is 60.7 Å². The van der Waals surface area contributed by atoms with E-state index in [4.69, 9.17) is 4.74 Å². The fourth-order valence-electron chi connectivity index (χ4n) is 2.97. The smallest absolute Gasteiger partial charge is 0.262 e. The highest BCUT2D eigenvalue weighted by Gasteiger charge is 2.16. The van der Waals surface area contributed by atoms with Crippen molar-refractivity contribution in [1.29, 1.82) is 0 Å². The van der Waals surface area contributed by atoms with Crippen molar-refractivity contribution >= 4 is 23.0 Å². The Morgan fingerprint density at radius 1 is 0.857 bits per heavy atom. The van der Waals surface area contributed by atoms with Crippen molar-refractivity contribution in [3.05, 3.63) is 95.6 Å². The number of amides is 1. The molecule has 1 amide bonds. The highest BCUT2D eigenvalue weighted by atomic mass is 16.5. The molecule has 5 nitrogen and oxygen atoms in total. The second-order valence-electron chi connectivity index (χ2n) is 6.41. The fourth-order valence-corrected chi connectivity index (χ4v) is 2.97. The van der Waals surface area contributed by atoms with Gasteiger partial charge >= 0.3 is 0 Å². The third kappa shape index (κ3) is 3.83. The van der Waals surface area contributed by atoms with Gasteiger partial charge in [0.05, 0.1) is 11.4 Å². The van der Waals surface area contributed by atoms with Gasteiger partial charge in [-0.25, -0.2) is 0 Å². The maximum absolute atomic E-state index is 11.5. The first-order chi connectivity index (χ1) is 13.7. The molecule has 1 aliphatic heterocycles. The molecule has 5 heteroatoms. The third-order valence-electron chi connectivity index (χ3n) is 4.42. The van der Waals surface area contributed by atoms with Gasteiger partial charge in [-0.05, 0) is 30.7 Å². The van der Waals surface area contributed by atoms with Crippen LogP contribution < -0.4 is 10.1 Å². The Hall–Kier alpha value is -3.73. The number of nitrogens with one attached hydrogen (secondary N) is 1. The third-order valence-corrected chi connectivity index (χ3v) is 4.42. The SMILES string of the molecule is CC(=NN=C(c1ccccc1)c1ccccc1)c1ccc2c(c1)NC(=O)CO2. The minimum absolute atomic E-state index is 0.0429. The van der Waals surface area contributed by atoms with Crippen LogP contribution in [0.4, 0.5) is 5.69 Å². The predicted octanol–water partition coefficient (Wildman–Crippen LogP) is 4.28. The van der Waals surface area contributed by atoms with E-state index in [0.717, 1.165) is 28.1 Å². The normalized spacial score (nSPS) is 13.2. The average molecular weight is 369 g/mol. The van der Waals surface area contributed by atoms with Crippen molar-refractivity contribution in [3.63, 3.8) is 0 Å². The maximum atomic E-state index is 11.5. The molecule has 0 fully saturated rings. The van der Waals surface area contributed by atoms with E-state index in [-0.39, 0.29) is 12.5 Å². The summed E-state index contributed by atoms with van der Waals surface area (Å²) in [5, 5.41) is 11.8. The molecule has 3 aromatic carbocycles. The minimum Gasteiger partial charge on any atom is -0.482 e. The number of benzene rings is 3. The average Bonchev–Trinajstić information content (AvgIpc) is 2.74. The molecule has 1 aliphatic rings. The van der Waals surface area contributed by atoms with Gasteiger partial charge in [0.15, 0.2) is 6.61 Å². The topological polar surface area (TPSA) is 63.0 Å². The van der Waals surface area contributed by atoms with Gasteiger partial charge in [0.2, 0.25) is 0 Å². The van der Waals surface area contributed by atoms with E-state index in [2.05, 4.69) is 15.5 Å². The van der Waals surface area contributed by atoms with Crippen LogP contribution in [0.1, 0.15) is 23.6 Å². The first-order valence-corrected chi connectivity index (χ1v) is 9.01. The Bertz CT molecular complexity index is 1020. The molecule has 0 spiro atoms. The van der Waals surface area contributed by atoms with E-state index < -0.39 is 0 Å². The van der Waals surface area contributed by atoms with Crippen molar-refractivity contribution < 1.29 is 9.53 Å². The molecule has 4 rings (SSSR count). The summed E-state index contributed by atoms with van der Waals surface area (Å²) in [5.74, 6) is 0.501. The Morgan fingerprint density at radius 2 is 1.50 bits per heavy atom. The van der Waals surface area contributed by atoms with Gasteiger partial charge < -0.3 is 10.1 Å². The van der Waals surface area contributed by atoms with Crippen molar-refractivity contribution in [3.8, 4) is 5.75 Å². The lowest BCUT2D eigenvalue weighted by atomic mass is 10.0. The van der Waals surface area contributed by atoms with Crippen LogP contribution in [0.5, 0.6) is 5.75 Å². The number of ether oxygens (including phenoxy) is 1. The first-order valence-electron chi connectivity index (χ1n) is 9.01. The van der Waals surface area contributed by atoms with Gasteiger partial charge in [-0.15, -0.1) is 5.10 Å². The second kappa shape index (κ2) is 7.88. The van der Waals surface area contributed by atoms with E-state index in [1.165, 1.54) is 0 Å². The van der Waals surface area contributed by atoms with Crippen molar-refractivity contribution in [2.24, 2.45) is 10.2 Å². The van der Waals surface area contributed by atoms with Gasteiger partial charge in [0, 0.05) is 11.1 Å². The standard InChI is InChI=1S/C23H19N3O2/c1-16(19-12-13-21-20(14-19)24-22(27)15-28-21)25-26-23(17-8-4-2-5-9-17)18-10-6-3-7-11-18/h2-14H,15H2,1H3,(H,24,27). The highest BCUT2D eigenvalue weighted by molar-refractivity contribution is 6.13. The molecular weight excluding hydrogens is 350 g/mol. The van der Waals surface area contributed by atoms with Crippen LogP contribution in [0.3, 0.4) is 0 Å². The lowest BCUT2D eigenvalue weighted by Crippen LogP contribution is -2.25. The van der Waals surface area contributed by atoms with Gasteiger partial charge in [0.25, 0.3) is 5.91 Å². The molecular formula is C23H19N3O2. The fraction of sp³-hybridized carbons (Fsp3) is 0.0870. The van der Waals surface area contributed by atoms with Crippen LogP contribution in [0.25, 0.3) is 0 Å². The molecule has 0 aromatic heterocycles.